The molecule has 0 bridgehead atoms. The van der Waals surface area contributed by atoms with Crippen molar-refractivity contribution in [3.8, 4) is 5.75 Å². The zero-order valence-electron chi connectivity index (χ0n) is 9.91. The quantitative estimate of drug-likeness (QED) is 0.763. The number of carbonyl (C=O) groups excluding carboxylic acids is 2. The molecule has 2 N–H and O–H groups in total. The van der Waals surface area contributed by atoms with Gasteiger partial charge in [0.15, 0.2) is 0 Å². The van der Waals surface area contributed by atoms with Gasteiger partial charge in [-0.2, -0.15) is 0 Å². The Labute approximate surface area is 126 Å². The summed E-state index contributed by atoms with van der Waals surface area (Å²) < 4.78 is 1.05. The monoisotopic (exact) mass is 388 g/mol. The molecule has 0 saturated carbocycles. The molecule has 0 atom stereocenters. The SMILES string of the molecule is CC(=O)N1CC(Nc2cc(Br)c(O)c(Br)c2)=CC1=O. The highest BCUT2D eigenvalue weighted by Crippen LogP contribution is 2.35. The first-order valence-electron chi connectivity index (χ1n) is 5.36. The topological polar surface area (TPSA) is 69.6 Å². The van der Waals surface area contributed by atoms with Crippen molar-refractivity contribution in [2.75, 3.05) is 11.9 Å². The maximum Gasteiger partial charge on any atom is 0.255 e. The number of nitrogens with one attached hydrogen (secondary N) is 1. The number of hydrogen-bond acceptors (Lipinski definition) is 4. The number of benzene rings is 1. The molecule has 0 radical (unpaired) electrons. The summed E-state index contributed by atoms with van der Waals surface area (Å²) in [7, 11) is 0. The van der Waals surface area contributed by atoms with Gasteiger partial charge in [0.2, 0.25) is 5.91 Å². The van der Waals surface area contributed by atoms with Crippen LogP contribution in [0.5, 0.6) is 5.75 Å². The van der Waals surface area contributed by atoms with E-state index in [-0.39, 0.29) is 24.1 Å². The summed E-state index contributed by atoms with van der Waals surface area (Å²) in [5.74, 6) is -0.509. The Morgan fingerprint density at radius 1 is 1.37 bits per heavy atom. The van der Waals surface area contributed by atoms with Crippen molar-refractivity contribution < 1.29 is 14.7 Å². The van der Waals surface area contributed by atoms with E-state index in [9.17, 15) is 14.7 Å². The van der Waals surface area contributed by atoms with Crippen LogP contribution in [-0.4, -0.2) is 28.4 Å². The van der Waals surface area contributed by atoms with Crippen molar-refractivity contribution in [2.24, 2.45) is 0 Å². The van der Waals surface area contributed by atoms with Gasteiger partial charge in [0, 0.05) is 24.4 Å². The molecule has 19 heavy (non-hydrogen) atoms. The van der Waals surface area contributed by atoms with Crippen molar-refractivity contribution in [1.82, 2.24) is 4.90 Å². The lowest BCUT2D eigenvalue weighted by molar-refractivity contribution is -0.138. The molecule has 0 aromatic heterocycles. The molecule has 1 aromatic rings. The van der Waals surface area contributed by atoms with Gasteiger partial charge >= 0.3 is 0 Å². The van der Waals surface area contributed by atoms with Gasteiger partial charge in [0.25, 0.3) is 5.91 Å². The molecule has 1 aromatic carbocycles. The summed E-state index contributed by atoms with van der Waals surface area (Å²) >= 11 is 6.44. The molecule has 0 fully saturated rings. The molecule has 1 aliphatic heterocycles. The minimum Gasteiger partial charge on any atom is -0.506 e. The fourth-order valence-corrected chi connectivity index (χ4v) is 2.87. The Bertz CT molecular complexity index is 576. The van der Waals surface area contributed by atoms with E-state index >= 15 is 0 Å². The fraction of sp³-hybridized carbons (Fsp3) is 0.167. The number of anilines is 1. The Balaban J connectivity index is 2.18. The van der Waals surface area contributed by atoms with Crippen LogP contribution in [0.25, 0.3) is 0 Å². The zero-order chi connectivity index (χ0) is 14.2. The lowest BCUT2D eigenvalue weighted by Crippen LogP contribution is -2.31. The van der Waals surface area contributed by atoms with Crippen LogP contribution in [0, 0.1) is 0 Å². The number of amides is 2. The zero-order valence-corrected chi connectivity index (χ0v) is 13.1. The molecular formula is C12H10Br2N2O3. The van der Waals surface area contributed by atoms with E-state index in [1.807, 2.05) is 0 Å². The number of hydrogen-bond donors (Lipinski definition) is 2. The summed E-state index contributed by atoms with van der Waals surface area (Å²) in [6, 6.07) is 3.36. The molecule has 5 nitrogen and oxygen atoms in total. The molecule has 0 spiro atoms. The summed E-state index contributed by atoms with van der Waals surface area (Å²) in [6.07, 6.45) is 1.38. The average Bonchev–Trinajstić information content (AvgIpc) is 2.67. The van der Waals surface area contributed by atoms with Crippen molar-refractivity contribution in [2.45, 2.75) is 6.92 Å². The van der Waals surface area contributed by atoms with Crippen LogP contribution in [0.3, 0.4) is 0 Å². The summed E-state index contributed by atoms with van der Waals surface area (Å²) in [6.45, 7) is 1.58. The molecule has 2 rings (SSSR count). The van der Waals surface area contributed by atoms with Crippen molar-refractivity contribution in [1.29, 1.82) is 0 Å². The summed E-state index contributed by atoms with van der Waals surface area (Å²) in [5.41, 5.74) is 1.32. The number of nitrogens with zero attached hydrogens (tertiary/aromatic N) is 1. The maximum atomic E-state index is 11.5. The lowest BCUT2D eigenvalue weighted by atomic mass is 10.3. The number of carbonyl (C=O) groups is 2. The first kappa shape index (κ1) is 14.1. The number of phenolic OH excluding ortho intramolecular Hbond substituents is 1. The third kappa shape index (κ3) is 2.98. The Hall–Kier alpha value is -1.34. The van der Waals surface area contributed by atoms with Crippen LogP contribution in [0.2, 0.25) is 0 Å². The maximum absolute atomic E-state index is 11.5. The van der Waals surface area contributed by atoms with Gasteiger partial charge in [-0.15, -0.1) is 0 Å². The van der Waals surface area contributed by atoms with Crippen LogP contribution in [0.15, 0.2) is 32.9 Å². The summed E-state index contributed by atoms with van der Waals surface area (Å²) in [5, 5.41) is 12.6. The highest BCUT2D eigenvalue weighted by atomic mass is 79.9. The van der Waals surface area contributed by atoms with Gasteiger partial charge in [0.05, 0.1) is 15.5 Å². The smallest absolute Gasteiger partial charge is 0.255 e. The minimum absolute atomic E-state index is 0.104. The second-order valence-corrected chi connectivity index (χ2v) is 5.74. The molecule has 0 saturated heterocycles. The molecule has 0 aliphatic carbocycles. The van der Waals surface area contributed by atoms with Gasteiger partial charge in [-0.05, 0) is 44.0 Å². The Morgan fingerprint density at radius 2 is 1.95 bits per heavy atom. The van der Waals surface area contributed by atoms with Gasteiger partial charge < -0.3 is 10.4 Å². The number of aromatic hydroxyl groups is 1. The van der Waals surface area contributed by atoms with Gasteiger partial charge in [-0.25, -0.2) is 0 Å². The van der Waals surface area contributed by atoms with E-state index in [0.717, 1.165) is 4.90 Å². The molecule has 1 aliphatic rings. The van der Waals surface area contributed by atoms with Crippen LogP contribution < -0.4 is 5.32 Å². The highest BCUT2D eigenvalue weighted by molar-refractivity contribution is 9.11. The largest absolute Gasteiger partial charge is 0.506 e. The van der Waals surface area contributed by atoms with Crippen LogP contribution in [0.1, 0.15) is 6.92 Å². The van der Waals surface area contributed by atoms with E-state index in [1.165, 1.54) is 13.0 Å². The fourth-order valence-electron chi connectivity index (χ4n) is 1.69. The minimum atomic E-state index is -0.327. The normalized spacial score (nSPS) is 14.6. The average molecular weight is 390 g/mol. The third-order valence-corrected chi connectivity index (χ3v) is 3.80. The molecule has 2 amide bonds. The predicted octanol–water partition coefficient (Wildman–Crippen LogP) is 2.60. The first-order chi connectivity index (χ1) is 8.88. The van der Waals surface area contributed by atoms with Crippen molar-refractivity contribution in [3.05, 3.63) is 32.9 Å². The van der Waals surface area contributed by atoms with Crippen molar-refractivity contribution >= 4 is 49.4 Å². The van der Waals surface area contributed by atoms with E-state index in [2.05, 4.69) is 37.2 Å². The second kappa shape index (κ2) is 5.34. The molecule has 0 unspecified atom stereocenters. The number of halogens is 2. The third-order valence-electron chi connectivity index (χ3n) is 2.59. The molecule has 100 valence electrons. The number of imide groups is 1. The van der Waals surface area contributed by atoms with E-state index in [4.69, 9.17) is 0 Å². The standard InChI is InChI=1S/C12H10Br2N2O3/c1-6(17)16-5-8(4-11(16)18)15-7-2-9(13)12(19)10(14)3-7/h2-4,15,19H,5H2,1H3. The van der Waals surface area contributed by atoms with Crippen LogP contribution in [0.4, 0.5) is 5.69 Å². The van der Waals surface area contributed by atoms with E-state index in [0.29, 0.717) is 20.3 Å². The van der Waals surface area contributed by atoms with Crippen LogP contribution in [-0.2, 0) is 9.59 Å². The van der Waals surface area contributed by atoms with Gasteiger partial charge in [0.1, 0.15) is 5.75 Å². The van der Waals surface area contributed by atoms with Crippen molar-refractivity contribution in [3.63, 3.8) is 0 Å². The van der Waals surface area contributed by atoms with Gasteiger partial charge in [-0.3, -0.25) is 14.5 Å². The first-order valence-corrected chi connectivity index (χ1v) is 6.94. The van der Waals surface area contributed by atoms with Gasteiger partial charge in [-0.1, -0.05) is 0 Å². The number of phenols is 1. The predicted molar refractivity (Wildman–Crippen MR) is 77.6 cm³/mol. The lowest BCUT2D eigenvalue weighted by Gasteiger charge is -2.13. The molecule has 1 heterocycles. The number of rotatable bonds is 2. The van der Waals surface area contributed by atoms with E-state index in [1.54, 1.807) is 12.1 Å². The molecule has 7 heteroatoms. The Kier molecular flexibility index (Phi) is 3.96. The van der Waals surface area contributed by atoms with Crippen LogP contribution >= 0.6 is 31.9 Å². The Morgan fingerprint density at radius 3 is 2.42 bits per heavy atom. The molecular weight excluding hydrogens is 380 g/mol. The second-order valence-electron chi connectivity index (χ2n) is 4.03. The summed E-state index contributed by atoms with van der Waals surface area (Å²) in [4.78, 5) is 23.9. The van der Waals surface area contributed by atoms with E-state index < -0.39 is 0 Å². The highest BCUT2D eigenvalue weighted by Gasteiger charge is 2.24.